The van der Waals surface area contributed by atoms with Crippen LogP contribution in [0.5, 0.6) is 0 Å². The lowest BCUT2D eigenvalue weighted by Crippen LogP contribution is -2.38. The average Bonchev–Trinajstić information content (AvgIpc) is 3.64. The van der Waals surface area contributed by atoms with Crippen LogP contribution in [-0.4, -0.2) is 39.5 Å². The highest BCUT2D eigenvalue weighted by atomic mass is 16.6. The summed E-state index contributed by atoms with van der Waals surface area (Å²) in [6, 6.07) is 32.0. The lowest BCUT2D eigenvalue weighted by molar-refractivity contribution is -0.0913. The largest absolute Gasteiger partial charge is 0.374 e. The van der Waals surface area contributed by atoms with Gasteiger partial charge in [0.1, 0.15) is 24.0 Å². The first-order chi connectivity index (χ1) is 21.2. The Bertz CT molecular complexity index is 1590. The molecule has 11 heteroatoms. The third kappa shape index (κ3) is 6.67. The van der Waals surface area contributed by atoms with Gasteiger partial charge in [-0.3, -0.25) is 5.43 Å². The molecular formula is C32H35N7O4. The zero-order valence-corrected chi connectivity index (χ0v) is 23.6. The number of nitrogen functional groups attached to an aromatic ring is 2. The molecule has 6 rings (SSSR count). The van der Waals surface area contributed by atoms with E-state index in [1.807, 2.05) is 108 Å². The predicted octanol–water partition coefficient (Wildman–Crippen LogP) is 4.29. The summed E-state index contributed by atoms with van der Waals surface area (Å²) in [4.78, 5) is 8.94. The number of hydrogen-bond acceptors (Lipinski definition) is 10. The van der Waals surface area contributed by atoms with Crippen molar-refractivity contribution >= 4 is 22.8 Å². The number of hydrogen-bond donors (Lipinski definition) is 4. The molecule has 1 aliphatic heterocycles. The number of nitrogens with one attached hydrogen (secondary N) is 2. The Morgan fingerprint density at radius 2 is 1.28 bits per heavy atom. The Morgan fingerprint density at radius 1 is 0.698 bits per heavy atom. The molecule has 0 bridgehead atoms. The molecule has 1 saturated heterocycles. The fourth-order valence-electron chi connectivity index (χ4n) is 5.26. The topological polar surface area (TPSA) is 144 Å². The predicted molar refractivity (Wildman–Crippen MR) is 163 cm³/mol. The Morgan fingerprint density at radius 3 is 1.86 bits per heavy atom. The highest BCUT2D eigenvalue weighted by molar-refractivity contribution is 5.88. The minimum absolute atomic E-state index is 0.208. The summed E-state index contributed by atoms with van der Waals surface area (Å²) in [6.45, 7) is 1.51. The van der Waals surface area contributed by atoms with Crippen LogP contribution in [0.1, 0.15) is 22.9 Å². The number of nitrogens with zero attached hydrogens (tertiary/aromatic N) is 3. The number of rotatable bonds is 13. The Kier molecular flexibility index (Phi) is 9.19. The zero-order valence-electron chi connectivity index (χ0n) is 23.6. The van der Waals surface area contributed by atoms with Crippen LogP contribution in [0.4, 0.5) is 11.8 Å². The lowest BCUT2D eigenvalue weighted by Gasteiger charge is -2.26. The first-order valence-electron chi connectivity index (χ1n) is 14.1. The van der Waals surface area contributed by atoms with Crippen LogP contribution >= 0.6 is 0 Å². The van der Waals surface area contributed by atoms with Crippen LogP contribution in [0.25, 0.3) is 11.0 Å². The number of hydrazine groups is 2. The molecule has 6 N–H and O–H groups in total. The second kappa shape index (κ2) is 13.7. The van der Waals surface area contributed by atoms with Crippen molar-refractivity contribution in [2.24, 2.45) is 11.7 Å². The maximum absolute atomic E-state index is 6.73. The Labute approximate surface area is 249 Å². The molecule has 3 heterocycles. The van der Waals surface area contributed by atoms with Crippen molar-refractivity contribution in [2.45, 2.75) is 44.4 Å². The van der Waals surface area contributed by atoms with Crippen LogP contribution in [0.3, 0.4) is 0 Å². The Hall–Kier alpha value is -4.36. The van der Waals surface area contributed by atoms with Crippen LogP contribution < -0.4 is 22.5 Å². The number of benzene rings is 3. The van der Waals surface area contributed by atoms with Gasteiger partial charge < -0.3 is 28.9 Å². The van der Waals surface area contributed by atoms with Gasteiger partial charge in [-0.25, -0.2) is 11.7 Å². The van der Waals surface area contributed by atoms with Crippen molar-refractivity contribution in [1.29, 1.82) is 0 Å². The van der Waals surface area contributed by atoms with Gasteiger partial charge in [-0.1, -0.05) is 91.0 Å². The third-order valence-electron chi connectivity index (χ3n) is 7.36. The van der Waals surface area contributed by atoms with Crippen molar-refractivity contribution in [3.63, 3.8) is 0 Å². The molecule has 2 aromatic heterocycles. The standard InChI is InChI=1S/C32H35N7O4/c33-37-29-25-16-17-39(30(25)36-32(35-29)38-34)31-28(42-20-24-14-8-3-9-15-24)27(41-19-23-12-6-2-7-13-23)26(43-31)21-40-18-22-10-4-1-5-11-22/h1-17,26-28,31H,18-21,33-34H2,(H2,35,36,37,38)/t26-,27-,28+,31-/m1/s1. The van der Waals surface area contributed by atoms with Gasteiger partial charge in [0.15, 0.2) is 12.0 Å². The number of ether oxygens (including phenoxy) is 4. The summed E-state index contributed by atoms with van der Waals surface area (Å²) in [6.07, 6.45) is -0.118. The molecule has 43 heavy (non-hydrogen) atoms. The van der Waals surface area contributed by atoms with Crippen molar-refractivity contribution in [3.8, 4) is 0 Å². The molecule has 0 unspecified atom stereocenters. The van der Waals surface area contributed by atoms with Gasteiger partial charge in [0.2, 0.25) is 5.95 Å². The minimum atomic E-state index is -0.599. The molecular weight excluding hydrogens is 546 g/mol. The van der Waals surface area contributed by atoms with Gasteiger partial charge in [-0.2, -0.15) is 9.97 Å². The summed E-state index contributed by atoms with van der Waals surface area (Å²) < 4.78 is 28.0. The third-order valence-corrected chi connectivity index (χ3v) is 7.36. The van der Waals surface area contributed by atoms with E-state index in [-0.39, 0.29) is 5.95 Å². The van der Waals surface area contributed by atoms with Crippen molar-refractivity contribution in [1.82, 2.24) is 14.5 Å². The quantitative estimate of drug-likeness (QED) is 0.117. The highest BCUT2D eigenvalue weighted by Gasteiger charge is 2.48. The molecule has 222 valence electrons. The molecule has 1 aliphatic rings. The summed E-state index contributed by atoms with van der Waals surface area (Å²) in [5.41, 5.74) is 8.87. The normalized spacial score (nSPS) is 20.0. The highest BCUT2D eigenvalue weighted by Crippen LogP contribution is 2.38. The van der Waals surface area contributed by atoms with E-state index in [2.05, 4.69) is 20.8 Å². The van der Waals surface area contributed by atoms with E-state index < -0.39 is 24.5 Å². The molecule has 5 aromatic rings. The van der Waals surface area contributed by atoms with Gasteiger partial charge in [0.25, 0.3) is 0 Å². The fraction of sp³-hybridized carbons (Fsp3) is 0.250. The van der Waals surface area contributed by atoms with E-state index in [1.165, 1.54) is 0 Å². The molecule has 0 saturated carbocycles. The average molecular weight is 582 g/mol. The lowest BCUT2D eigenvalue weighted by atomic mass is 10.1. The van der Waals surface area contributed by atoms with E-state index in [4.69, 9.17) is 30.6 Å². The van der Waals surface area contributed by atoms with Crippen molar-refractivity contribution in [3.05, 3.63) is 120 Å². The van der Waals surface area contributed by atoms with E-state index in [9.17, 15) is 0 Å². The summed E-state index contributed by atoms with van der Waals surface area (Å²) >= 11 is 0. The molecule has 11 nitrogen and oxygen atoms in total. The van der Waals surface area contributed by atoms with E-state index in [0.717, 1.165) is 16.7 Å². The first-order valence-corrected chi connectivity index (χ1v) is 14.1. The number of fused-ring (bicyclic) bond motifs is 1. The van der Waals surface area contributed by atoms with E-state index >= 15 is 0 Å². The second-order valence-electron chi connectivity index (χ2n) is 10.2. The fourth-order valence-corrected chi connectivity index (χ4v) is 5.26. The van der Waals surface area contributed by atoms with Crippen LogP contribution in [0.15, 0.2) is 103 Å². The van der Waals surface area contributed by atoms with E-state index in [0.29, 0.717) is 43.3 Å². The smallest absolute Gasteiger partial charge is 0.241 e. The Balaban J connectivity index is 1.33. The minimum Gasteiger partial charge on any atom is -0.374 e. The number of anilines is 2. The van der Waals surface area contributed by atoms with Crippen LogP contribution in [0.2, 0.25) is 0 Å². The number of aromatic nitrogens is 3. The maximum atomic E-state index is 6.73. The maximum Gasteiger partial charge on any atom is 0.241 e. The van der Waals surface area contributed by atoms with Gasteiger partial charge in [-0.05, 0) is 22.8 Å². The summed E-state index contributed by atoms with van der Waals surface area (Å²) in [5.74, 6) is 12.1. The number of nitrogens with two attached hydrogens (primary N) is 2. The second-order valence-corrected chi connectivity index (χ2v) is 10.2. The molecule has 0 aliphatic carbocycles. The van der Waals surface area contributed by atoms with Gasteiger partial charge in [0, 0.05) is 6.20 Å². The summed E-state index contributed by atoms with van der Waals surface area (Å²) in [7, 11) is 0. The van der Waals surface area contributed by atoms with Gasteiger partial charge in [0.05, 0.1) is 31.8 Å². The van der Waals surface area contributed by atoms with E-state index in [1.54, 1.807) is 0 Å². The molecule has 3 aromatic carbocycles. The van der Waals surface area contributed by atoms with Crippen LogP contribution in [-0.2, 0) is 38.8 Å². The van der Waals surface area contributed by atoms with Crippen molar-refractivity contribution < 1.29 is 18.9 Å². The van der Waals surface area contributed by atoms with Crippen molar-refractivity contribution in [2.75, 3.05) is 17.5 Å². The molecule has 4 atom stereocenters. The molecule has 0 amide bonds. The molecule has 0 spiro atoms. The molecule has 1 fully saturated rings. The summed E-state index contributed by atoms with van der Waals surface area (Å²) in [5, 5.41) is 0.706. The molecule has 0 radical (unpaired) electrons. The zero-order chi connectivity index (χ0) is 29.4. The van der Waals surface area contributed by atoms with Gasteiger partial charge >= 0.3 is 0 Å². The monoisotopic (exact) mass is 581 g/mol. The van der Waals surface area contributed by atoms with Gasteiger partial charge in [-0.15, -0.1) is 0 Å². The SMILES string of the molecule is NNc1nc(NN)c2ccn([C@@H]3O[C@H](COCc4ccccc4)[C@@H](OCc4ccccc4)[C@@H]3OCc3ccccc3)c2n1. The van der Waals surface area contributed by atoms with Crippen LogP contribution in [0, 0.1) is 0 Å². The first kappa shape index (κ1) is 28.7.